The molecule has 2 N–H and O–H groups in total. The lowest BCUT2D eigenvalue weighted by Gasteiger charge is -2.16. The van der Waals surface area contributed by atoms with Gasteiger partial charge in [0.05, 0.1) is 6.04 Å². The molecule has 0 spiro atoms. The quantitative estimate of drug-likeness (QED) is 0.804. The monoisotopic (exact) mass is 337 g/mol. The van der Waals surface area contributed by atoms with E-state index >= 15 is 0 Å². The third-order valence-electron chi connectivity index (χ3n) is 3.21. The van der Waals surface area contributed by atoms with Gasteiger partial charge in [0.25, 0.3) is 0 Å². The topological polar surface area (TPSA) is 26.0 Å². The third-order valence-corrected chi connectivity index (χ3v) is 5.70. The molecule has 0 bridgehead atoms. The fourth-order valence-corrected chi connectivity index (χ4v) is 3.29. The van der Waals surface area contributed by atoms with Gasteiger partial charge in [-0.15, -0.1) is 11.3 Å². The van der Waals surface area contributed by atoms with Gasteiger partial charge >= 0.3 is 0 Å². The molecule has 0 aliphatic heterocycles. The van der Waals surface area contributed by atoms with Crippen LogP contribution in [-0.2, 0) is 5.41 Å². The van der Waals surface area contributed by atoms with Crippen LogP contribution in [0.25, 0.3) is 0 Å². The lowest BCUT2D eigenvalue weighted by Crippen LogP contribution is -2.11. The highest BCUT2D eigenvalue weighted by molar-refractivity contribution is 9.10. The molecule has 3 heteroatoms. The molecule has 102 valence electrons. The van der Waals surface area contributed by atoms with Crippen LogP contribution in [0.1, 0.15) is 47.7 Å². The van der Waals surface area contributed by atoms with Crippen LogP contribution >= 0.6 is 27.3 Å². The minimum absolute atomic E-state index is 0.0344. The summed E-state index contributed by atoms with van der Waals surface area (Å²) in [6, 6.07) is 10.7. The molecule has 0 amide bonds. The van der Waals surface area contributed by atoms with Crippen molar-refractivity contribution in [3.8, 4) is 0 Å². The molecular weight excluding hydrogens is 318 g/mol. The lowest BCUT2D eigenvalue weighted by atomic mass is 9.95. The Morgan fingerprint density at radius 1 is 1.16 bits per heavy atom. The van der Waals surface area contributed by atoms with Gasteiger partial charge < -0.3 is 5.73 Å². The standard InChI is InChI=1S/C16H20BrNS/c1-10-9-11(5-6-12(10)17)15(18)13-7-8-14(19-13)16(2,3)4/h5-9,15H,18H2,1-4H3. The van der Waals surface area contributed by atoms with Crippen molar-refractivity contribution in [2.45, 2.75) is 39.2 Å². The summed E-state index contributed by atoms with van der Waals surface area (Å²) in [5.74, 6) is 0. The summed E-state index contributed by atoms with van der Waals surface area (Å²) in [4.78, 5) is 2.61. The van der Waals surface area contributed by atoms with Crippen molar-refractivity contribution < 1.29 is 0 Å². The van der Waals surface area contributed by atoms with E-state index in [1.54, 1.807) is 0 Å². The molecule has 19 heavy (non-hydrogen) atoms. The second-order valence-electron chi connectivity index (χ2n) is 5.94. The Hall–Kier alpha value is -0.640. The van der Waals surface area contributed by atoms with Crippen molar-refractivity contribution in [1.82, 2.24) is 0 Å². The Labute approximate surface area is 128 Å². The van der Waals surface area contributed by atoms with E-state index in [1.165, 1.54) is 20.9 Å². The molecular formula is C16H20BrNS. The fourth-order valence-electron chi connectivity index (χ4n) is 1.95. The summed E-state index contributed by atoms with van der Waals surface area (Å²) in [5, 5.41) is 0. The number of thiophene rings is 1. The number of nitrogens with two attached hydrogens (primary N) is 1. The summed E-state index contributed by atoms with van der Waals surface area (Å²) >= 11 is 5.34. The maximum absolute atomic E-state index is 6.39. The Morgan fingerprint density at radius 2 is 1.84 bits per heavy atom. The molecule has 0 saturated heterocycles. The predicted molar refractivity (Wildman–Crippen MR) is 87.9 cm³/mol. The van der Waals surface area contributed by atoms with E-state index in [4.69, 9.17) is 5.73 Å². The van der Waals surface area contributed by atoms with Gasteiger partial charge in [-0.2, -0.15) is 0 Å². The van der Waals surface area contributed by atoms with Gasteiger partial charge in [0.2, 0.25) is 0 Å². The third kappa shape index (κ3) is 3.28. The van der Waals surface area contributed by atoms with Gasteiger partial charge in [-0.3, -0.25) is 0 Å². The zero-order valence-corrected chi connectivity index (χ0v) is 14.2. The number of rotatable bonds is 2. The van der Waals surface area contributed by atoms with Crippen molar-refractivity contribution >= 4 is 27.3 Å². The van der Waals surface area contributed by atoms with E-state index in [1.807, 2.05) is 11.3 Å². The van der Waals surface area contributed by atoms with Crippen LogP contribution < -0.4 is 5.73 Å². The summed E-state index contributed by atoms with van der Waals surface area (Å²) in [7, 11) is 0. The smallest absolute Gasteiger partial charge is 0.0646 e. The Morgan fingerprint density at radius 3 is 2.37 bits per heavy atom. The van der Waals surface area contributed by atoms with Crippen LogP contribution in [0.2, 0.25) is 0 Å². The van der Waals surface area contributed by atoms with Crippen LogP contribution in [0, 0.1) is 6.92 Å². The van der Waals surface area contributed by atoms with Gasteiger partial charge in [0, 0.05) is 14.2 Å². The van der Waals surface area contributed by atoms with Crippen LogP contribution in [0.15, 0.2) is 34.8 Å². The molecule has 1 heterocycles. The van der Waals surface area contributed by atoms with Crippen LogP contribution in [-0.4, -0.2) is 0 Å². The predicted octanol–water partition coefficient (Wildman–Crippen LogP) is 5.16. The summed E-state index contributed by atoms with van der Waals surface area (Å²) in [6.07, 6.45) is 0. The Bertz CT molecular complexity index is 581. The first-order chi connectivity index (χ1) is 8.79. The molecule has 2 rings (SSSR count). The van der Waals surface area contributed by atoms with Crippen molar-refractivity contribution in [1.29, 1.82) is 0 Å². The van der Waals surface area contributed by atoms with E-state index < -0.39 is 0 Å². The van der Waals surface area contributed by atoms with Crippen LogP contribution in [0.5, 0.6) is 0 Å². The molecule has 1 atom stereocenters. The number of hydrogen-bond donors (Lipinski definition) is 1. The molecule has 1 nitrogen and oxygen atoms in total. The van der Waals surface area contributed by atoms with Crippen molar-refractivity contribution in [2.75, 3.05) is 0 Å². The zero-order chi connectivity index (χ0) is 14.2. The largest absolute Gasteiger partial charge is 0.320 e. The highest BCUT2D eigenvalue weighted by Crippen LogP contribution is 2.34. The number of halogens is 1. The van der Waals surface area contributed by atoms with Crippen LogP contribution in [0.4, 0.5) is 0 Å². The normalized spacial score (nSPS) is 13.6. The van der Waals surface area contributed by atoms with E-state index in [-0.39, 0.29) is 11.5 Å². The Kier molecular flexibility index (Phi) is 4.19. The van der Waals surface area contributed by atoms with E-state index in [0.29, 0.717) is 0 Å². The molecule has 0 saturated carbocycles. The SMILES string of the molecule is Cc1cc(C(N)c2ccc(C(C)(C)C)s2)ccc1Br. The molecule has 1 unspecified atom stereocenters. The van der Waals surface area contributed by atoms with Gasteiger partial charge in [0.1, 0.15) is 0 Å². The summed E-state index contributed by atoms with van der Waals surface area (Å²) in [5.41, 5.74) is 8.97. The summed E-state index contributed by atoms with van der Waals surface area (Å²) in [6.45, 7) is 8.79. The molecule has 0 fully saturated rings. The first kappa shape index (κ1) is 14.8. The van der Waals surface area contributed by atoms with E-state index in [0.717, 1.165) is 4.47 Å². The van der Waals surface area contributed by atoms with Crippen molar-refractivity contribution in [3.63, 3.8) is 0 Å². The first-order valence-electron chi connectivity index (χ1n) is 6.41. The molecule has 1 aromatic heterocycles. The second kappa shape index (κ2) is 5.39. The second-order valence-corrected chi connectivity index (χ2v) is 7.91. The average Bonchev–Trinajstić information content (AvgIpc) is 2.81. The van der Waals surface area contributed by atoms with Crippen molar-refractivity contribution in [3.05, 3.63) is 55.7 Å². The van der Waals surface area contributed by atoms with Gasteiger partial charge in [0.15, 0.2) is 0 Å². The van der Waals surface area contributed by atoms with Crippen molar-refractivity contribution in [2.24, 2.45) is 5.73 Å². The maximum Gasteiger partial charge on any atom is 0.0646 e. The minimum Gasteiger partial charge on any atom is -0.320 e. The van der Waals surface area contributed by atoms with E-state index in [9.17, 15) is 0 Å². The average molecular weight is 338 g/mol. The number of aryl methyl sites for hydroxylation is 1. The highest BCUT2D eigenvalue weighted by Gasteiger charge is 2.19. The molecule has 0 aliphatic carbocycles. The Balaban J connectivity index is 2.31. The van der Waals surface area contributed by atoms with Crippen LogP contribution in [0.3, 0.4) is 0 Å². The number of hydrogen-bond acceptors (Lipinski definition) is 2. The van der Waals surface area contributed by atoms with Gasteiger partial charge in [-0.25, -0.2) is 0 Å². The summed E-state index contributed by atoms with van der Waals surface area (Å²) < 4.78 is 1.13. The molecule has 0 aliphatic rings. The lowest BCUT2D eigenvalue weighted by molar-refractivity contribution is 0.604. The maximum atomic E-state index is 6.39. The number of benzene rings is 1. The highest BCUT2D eigenvalue weighted by atomic mass is 79.9. The molecule has 2 aromatic rings. The molecule has 1 aromatic carbocycles. The van der Waals surface area contributed by atoms with E-state index in [2.05, 4.69) is 74.0 Å². The minimum atomic E-state index is -0.0344. The molecule has 0 radical (unpaired) electrons. The van der Waals surface area contributed by atoms with Gasteiger partial charge in [-0.05, 0) is 41.7 Å². The fraction of sp³-hybridized carbons (Fsp3) is 0.375. The van der Waals surface area contributed by atoms with Gasteiger partial charge in [-0.1, -0.05) is 48.8 Å². The zero-order valence-electron chi connectivity index (χ0n) is 11.8. The first-order valence-corrected chi connectivity index (χ1v) is 8.02.